The number of benzene rings is 8. The Morgan fingerprint density at radius 2 is 0.786 bits per heavy atom. The number of amides is 4. The van der Waals surface area contributed by atoms with Gasteiger partial charge in [0.05, 0.1) is 72.1 Å². The van der Waals surface area contributed by atoms with Gasteiger partial charge in [-0.05, 0) is 300 Å². The van der Waals surface area contributed by atoms with Crippen molar-refractivity contribution in [2.24, 2.45) is 45.9 Å². The Bertz CT molecular complexity index is 6870. The number of alkyl halides is 3. The van der Waals surface area contributed by atoms with E-state index < -0.39 is 6.36 Å². The third-order valence-corrected chi connectivity index (χ3v) is 31.9. The van der Waals surface area contributed by atoms with Crippen molar-refractivity contribution < 1.29 is 65.0 Å². The standard InChI is InChI=1S/C29H30ClF3N2O3.C28H29Cl2FN2O2.C27H27Cl2FN2O2.C26H29Cl2N3O2/c1-17(36)13-18-9-11-35(12-10-18)28(37)24-8-7-23(19-3-4-19)25(27(24)30)15-21-14-20-5-6-22(38-29(31,32)33)16-26(20)34(21)2;1-16(34)11-17-7-9-33(10-8-17)28(35)21-5-6-24(29)22(27(21)30)14-20-15-23-25(31)12-19(18-3-4-18)13-26(23)32(20)2;1-15(33)16-7-9-32(10-8-16)27(34)20-5-6-23(28)21(26(20)29)13-19-14-22-24(30)11-18(17-3-4-17)12-25(22)31(19)2;1-16-12-18(17(2)29(3)4)13-24-21(16)14-19(30(24)5)15-22-23(27)7-6-20(25(22)28)26(32)31-8-10-33-11-9-31/h5-8,14,16,18-19H,3-4,9-13,15H2,1-2H3;5-6,12-13,15,17-18H,3-4,7-11,14H2,1-2H3;5-6,11-12,14,16-17H,3-4,7-10,13H2,1-2H3;6-7,12-14H,2,8-11,15H2,1,3-5H3. The molecule has 4 aliphatic heterocycles. The maximum Gasteiger partial charge on any atom is 0.573 e. The molecule has 0 atom stereocenters. The van der Waals surface area contributed by atoms with Gasteiger partial charge in [0, 0.05) is 216 Å². The zero-order chi connectivity index (χ0) is 100. The van der Waals surface area contributed by atoms with E-state index >= 15 is 0 Å². The van der Waals surface area contributed by atoms with Crippen molar-refractivity contribution in [3.63, 3.8) is 0 Å². The van der Waals surface area contributed by atoms with Crippen LogP contribution in [0.3, 0.4) is 0 Å². The SMILES string of the molecule is C=C(c1cc(C)c2cc(Cc3c(Cl)ccc(C(=O)N4CCOCC4)c3Cl)n(C)c2c1)N(C)C.CC(=O)C1CCN(C(=O)c2ccc(Cl)c(Cc3cc4c(F)cc(C5CC5)cc4n3C)c2Cl)CC1.CC(=O)CC1CCN(C(=O)c2ccc(C3CC3)c(Cc3cc4ccc(OC(F)(F)F)cc4n3C)c2Cl)CC1.CC(=O)CC1CCN(C(=O)c2ccc(Cl)c(Cc3cc4c(F)cc(C5CC5)cc4n3C)c2Cl)CC1. The molecule has 8 heterocycles. The average molecular weight is 2050 g/mol. The second kappa shape index (κ2) is 43.1. The molecule has 18 nitrogen and oxygen atoms in total. The van der Waals surface area contributed by atoms with E-state index in [9.17, 15) is 55.5 Å². The molecule has 0 unspecified atom stereocenters. The number of likely N-dealkylation sites (tertiary alicyclic amines) is 3. The summed E-state index contributed by atoms with van der Waals surface area (Å²) in [4.78, 5) is 96.8. The number of rotatable bonds is 23. The number of ketones is 3. The number of Topliss-reactive ketones (excluding diaryl/α,β-unsaturated/α-hetero) is 3. The first-order valence-electron chi connectivity index (χ1n) is 48.0. The van der Waals surface area contributed by atoms with Gasteiger partial charge in [-0.3, -0.25) is 24.0 Å². The van der Waals surface area contributed by atoms with Gasteiger partial charge in [-0.25, -0.2) is 8.78 Å². The van der Waals surface area contributed by atoms with Crippen LogP contribution < -0.4 is 4.74 Å². The largest absolute Gasteiger partial charge is 0.573 e. The summed E-state index contributed by atoms with van der Waals surface area (Å²) in [5.41, 5.74) is 18.4. The summed E-state index contributed by atoms with van der Waals surface area (Å²) in [7, 11) is 11.7. The molecule has 0 N–H and O–H groups in total. The number of hydrogen-bond acceptors (Lipinski definition) is 10. The molecule has 0 spiro atoms. The highest BCUT2D eigenvalue weighted by atomic mass is 35.5. The zero-order valence-electron chi connectivity index (χ0n) is 80.3. The van der Waals surface area contributed by atoms with Crippen molar-refractivity contribution in [2.45, 2.75) is 167 Å². The number of hydrogen-bond donors (Lipinski definition) is 0. The Balaban J connectivity index is 0.000000135. The first-order valence-corrected chi connectivity index (χ1v) is 50.6. The number of nitrogens with zero attached hydrogens (tertiary/aromatic N) is 9. The first kappa shape index (κ1) is 103. The lowest BCUT2D eigenvalue weighted by Crippen LogP contribution is -2.40. The van der Waals surface area contributed by atoms with Gasteiger partial charge in [0.1, 0.15) is 34.7 Å². The van der Waals surface area contributed by atoms with Gasteiger partial charge in [-0.1, -0.05) is 93.9 Å². The van der Waals surface area contributed by atoms with Crippen LogP contribution in [-0.2, 0) is 73.0 Å². The second-order valence-corrected chi connectivity index (χ2v) is 41.8. The van der Waals surface area contributed by atoms with Gasteiger partial charge in [-0.2, -0.15) is 0 Å². The van der Waals surface area contributed by atoms with Crippen molar-refractivity contribution in [3.05, 3.63) is 276 Å². The van der Waals surface area contributed by atoms with Crippen LogP contribution in [0.25, 0.3) is 49.3 Å². The third kappa shape index (κ3) is 23.0. The minimum Gasteiger partial charge on any atom is -0.406 e. The Hall–Kier alpha value is -10.2. The molecule has 8 aromatic carbocycles. The monoisotopic (exact) mass is 2050 g/mol. The maximum atomic E-state index is 14.9. The van der Waals surface area contributed by atoms with Crippen LogP contribution in [0.1, 0.15) is 243 Å². The van der Waals surface area contributed by atoms with Gasteiger partial charge >= 0.3 is 6.36 Å². The molecule has 7 aliphatic rings. The number of carbonyl (C=O) groups is 7. The number of fused-ring (bicyclic) bond motifs is 4. The molecule has 140 heavy (non-hydrogen) atoms. The highest BCUT2D eigenvalue weighted by Gasteiger charge is 2.37. The van der Waals surface area contributed by atoms with Crippen LogP contribution >= 0.6 is 81.2 Å². The van der Waals surface area contributed by atoms with Crippen LogP contribution in [-0.4, -0.2) is 170 Å². The molecule has 19 rings (SSSR count). The quantitative estimate of drug-likeness (QED) is 0.0561. The van der Waals surface area contributed by atoms with Gasteiger partial charge in [0.25, 0.3) is 23.6 Å². The van der Waals surface area contributed by atoms with Crippen molar-refractivity contribution in [1.82, 2.24) is 42.8 Å². The van der Waals surface area contributed by atoms with Crippen molar-refractivity contribution in [1.29, 1.82) is 0 Å². The van der Waals surface area contributed by atoms with E-state index in [0.717, 1.165) is 148 Å². The molecule has 0 radical (unpaired) electrons. The van der Waals surface area contributed by atoms with Gasteiger partial charge < -0.3 is 61.8 Å². The number of ether oxygens (including phenoxy) is 2. The van der Waals surface area contributed by atoms with E-state index in [1.54, 1.807) is 97.1 Å². The van der Waals surface area contributed by atoms with E-state index in [-0.39, 0.29) is 64.3 Å². The lowest BCUT2D eigenvalue weighted by Gasteiger charge is -2.32. The molecule has 0 bridgehead atoms. The smallest absolute Gasteiger partial charge is 0.406 e. The van der Waals surface area contributed by atoms with Crippen LogP contribution in [0.4, 0.5) is 22.0 Å². The highest BCUT2D eigenvalue weighted by Crippen LogP contribution is 2.48. The molecular formula is C110H115Cl7F5N9O9. The second-order valence-electron chi connectivity index (χ2n) is 39.0. The molecule has 4 saturated heterocycles. The Labute approximate surface area is 847 Å². The van der Waals surface area contributed by atoms with Gasteiger partial charge in [0.15, 0.2) is 0 Å². The number of aryl methyl sites for hydroxylation is 5. The summed E-state index contributed by atoms with van der Waals surface area (Å²) in [5, 5.41) is 6.18. The number of carbonyl (C=O) groups excluding carboxylic acids is 7. The Morgan fingerprint density at radius 3 is 1.18 bits per heavy atom. The van der Waals surface area contributed by atoms with E-state index in [0.29, 0.717) is 231 Å². The summed E-state index contributed by atoms with van der Waals surface area (Å²) in [6.45, 7) is 16.8. The number of aromatic nitrogens is 4. The topological polar surface area (TPSA) is 174 Å². The van der Waals surface area contributed by atoms with Gasteiger partial charge in [-0.15, -0.1) is 13.2 Å². The summed E-state index contributed by atoms with van der Waals surface area (Å²) < 4.78 is 85.3. The van der Waals surface area contributed by atoms with Crippen LogP contribution in [0.5, 0.6) is 5.75 Å². The number of morpholine rings is 1. The van der Waals surface area contributed by atoms with Crippen LogP contribution in [0.15, 0.2) is 134 Å². The van der Waals surface area contributed by atoms with Crippen LogP contribution in [0.2, 0.25) is 35.2 Å². The molecule has 4 aromatic heterocycles. The summed E-state index contributed by atoms with van der Waals surface area (Å²) in [6.07, 6.45) is 9.25. The zero-order valence-corrected chi connectivity index (χ0v) is 85.6. The molecule has 738 valence electrons. The predicted molar refractivity (Wildman–Crippen MR) is 548 cm³/mol. The molecule has 30 heteroatoms. The average Bonchev–Trinajstić information content (AvgIpc) is 1.61. The highest BCUT2D eigenvalue weighted by molar-refractivity contribution is 6.40. The number of halogens is 12. The fourth-order valence-corrected chi connectivity index (χ4v) is 22.3. The van der Waals surface area contributed by atoms with E-state index in [1.807, 2.05) is 89.1 Å². The van der Waals surface area contributed by atoms with Gasteiger partial charge in [0.2, 0.25) is 0 Å². The summed E-state index contributed by atoms with van der Waals surface area (Å²) >= 11 is 46.9. The summed E-state index contributed by atoms with van der Waals surface area (Å²) in [5.74, 6) is 1.39. The van der Waals surface area contributed by atoms with Crippen molar-refractivity contribution >= 4 is 171 Å². The van der Waals surface area contributed by atoms with E-state index in [2.05, 4.69) is 53.1 Å². The number of piperidine rings is 3. The molecule has 4 amide bonds. The Morgan fingerprint density at radius 1 is 0.421 bits per heavy atom. The lowest BCUT2D eigenvalue weighted by molar-refractivity contribution is -0.274. The molecule has 12 aromatic rings. The maximum absolute atomic E-state index is 14.9. The van der Waals surface area contributed by atoms with Crippen molar-refractivity contribution in [2.75, 3.05) is 79.7 Å². The fraction of sp³-hybridized carbons (Fsp3) is 0.409. The third-order valence-electron chi connectivity index (χ3n) is 29.1. The minimum atomic E-state index is -4.76. The summed E-state index contributed by atoms with van der Waals surface area (Å²) in [6, 6.07) is 38.0. The first-order chi connectivity index (χ1) is 66.6. The lowest BCUT2D eigenvalue weighted by atomic mass is 9.91. The molecule has 3 aliphatic carbocycles. The Kier molecular flexibility index (Phi) is 31.6. The molecular weight excluding hydrogens is 1930 g/mol. The predicted octanol–water partition coefficient (Wildman–Crippen LogP) is 25.9. The van der Waals surface area contributed by atoms with Crippen molar-refractivity contribution in [3.8, 4) is 5.75 Å². The van der Waals surface area contributed by atoms with E-state index in [4.69, 9.17) is 85.9 Å². The molecule has 7 fully saturated rings. The van der Waals surface area contributed by atoms with Crippen LogP contribution in [0, 0.1) is 36.3 Å². The van der Waals surface area contributed by atoms with E-state index in [1.165, 1.54) is 23.1 Å². The minimum absolute atomic E-state index is 0.0209. The molecule has 3 saturated carbocycles. The normalized spacial score (nSPS) is 16.2. The fourth-order valence-electron chi connectivity index (χ4n) is 20.2.